The molecular weight excluding hydrogens is 142 g/mol. The zero-order valence-corrected chi connectivity index (χ0v) is 6.58. The number of rotatable bonds is 0. The molecule has 2 atom stereocenters. The van der Waals surface area contributed by atoms with Crippen LogP contribution in [0, 0.1) is 0 Å². The van der Waals surface area contributed by atoms with E-state index in [1.54, 1.807) is 0 Å². The normalized spacial score (nSPS) is 50.7. The fourth-order valence-corrected chi connectivity index (χ4v) is 2.37. The molecule has 0 radical (unpaired) electrons. The smallest absolute Gasteiger partial charge is 0.0817 e. The minimum absolute atomic E-state index is 0.0822. The molecule has 2 aliphatic rings. The second-order valence-electron chi connectivity index (χ2n) is 3.85. The molecule has 3 N–H and O–H groups in total. The third kappa shape index (κ3) is 1.17. The van der Waals surface area contributed by atoms with Gasteiger partial charge in [0.2, 0.25) is 0 Å². The first-order valence-corrected chi connectivity index (χ1v) is 4.33. The highest BCUT2D eigenvalue weighted by Gasteiger charge is 2.45. The Morgan fingerprint density at radius 2 is 1.82 bits per heavy atom. The summed E-state index contributed by atoms with van der Waals surface area (Å²) in [6.07, 6.45) is 2.75. The van der Waals surface area contributed by atoms with Crippen molar-refractivity contribution in [2.45, 2.75) is 43.4 Å². The van der Waals surface area contributed by atoms with Crippen LogP contribution >= 0.6 is 0 Å². The molecule has 0 amide bonds. The molecule has 3 heteroatoms. The fraction of sp³-hybridized carbons (Fsp3) is 1.00. The molecule has 11 heavy (non-hydrogen) atoms. The Morgan fingerprint density at radius 3 is 2.27 bits per heavy atom. The monoisotopic (exact) mass is 157 g/mol. The first-order chi connectivity index (χ1) is 5.22. The first-order valence-electron chi connectivity index (χ1n) is 4.33. The summed E-state index contributed by atoms with van der Waals surface area (Å²) in [4.78, 5) is 0. The Balaban J connectivity index is 2.06. The molecule has 3 nitrogen and oxygen atoms in total. The van der Waals surface area contributed by atoms with Gasteiger partial charge < -0.3 is 15.5 Å². The van der Waals surface area contributed by atoms with Crippen molar-refractivity contribution >= 4 is 0 Å². The summed E-state index contributed by atoms with van der Waals surface area (Å²) in [5.41, 5.74) is 0.0822. The first kappa shape index (κ1) is 7.53. The number of aliphatic hydroxyl groups is 2. The van der Waals surface area contributed by atoms with Crippen LogP contribution in [0.2, 0.25) is 0 Å². The Labute approximate surface area is 66.4 Å². The summed E-state index contributed by atoms with van der Waals surface area (Å²) in [5, 5.41) is 22.0. The van der Waals surface area contributed by atoms with E-state index in [1.807, 2.05) is 0 Å². The van der Waals surface area contributed by atoms with Crippen molar-refractivity contribution in [3.8, 4) is 0 Å². The molecule has 64 valence electrons. The number of hydrogen-bond acceptors (Lipinski definition) is 3. The van der Waals surface area contributed by atoms with Gasteiger partial charge in [-0.05, 0) is 32.2 Å². The van der Waals surface area contributed by atoms with Gasteiger partial charge in [-0.25, -0.2) is 0 Å². The molecule has 0 aromatic heterocycles. The maximum absolute atomic E-state index is 9.33. The van der Waals surface area contributed by atoms with Crippen LogP contribution in [0.15, 0.2) is 0 Å². The van der Waals surface area contributed by atoms with Crippen molar-refractivity contribution in [3.05, 3.63) is 0 Å². The molecule has 0 aromatic rings. The van der Waals surface area contributed by atoms with Crippen molar-refractivity contribution in [2.24, 2.45) is 0 Å². The van der Waals surface area contributed by atoms with Gasteiger partial charge >= 0.3 is 0 Å². The molecule has 1 saturated heterocycles. The van der Waals surface area contributed by atoms with Gasteiger partial charge in [0, 0.05) is 5.54 Å². The zero-order chi connectivity index (χ0) is 7.90. The third-order valence-corrected chi connectivity index (χ3v) is 2.98. The van der Waals surface area contributed by atoms with E-state index in [9.17, 15) is 10.2 Å². The second-order valence-corrected chi connectivity index (χ2v) is 3.85. The van der Waals surface area contributed by atoms with E-state index >= 15 is 0 Å². The SMILES string of the molecule is OC1CC2(CCCN2)CC1O. The van der Waals surface area contributed by atoms with Crippen LogP contribution in [0.4, 0.5) is 0 Å². The van der Waals surface area contributed by atoms with Gasteiger partial charge in [-0.3, -0.25) is 0 Å². The molecular formula is C8H15NO2. The van der Waals surface area contributed by atoms with E-state index in [2.05, 4.69) is 5.32 Å². The Morgan fingerprint density at radius 1 is 1.18 bits per heavy atom. The molecule has 2 unspecified atom stereocenters. The summed E-state index contributed by atoms with van der Waals surface area (Å²) in [5.74, 6) is 0. The van der Waals surface area contributed by atoms with Gasteiger partial charge in [0.25, 0.3) is 0 Å². The molecule has 2 fully saturated rings. The highest BCUT2D eigenvalue weighted by Crippen LogP contribution is 2.36. The van der Waals surface area contributed by atoms with Gasteiger partial charge in [0.15, 0.2) is 0 Å². The van der Waals surface area contributed by atoms with Crippen molar-refractivity contribution in [1.29, 1.82) is 0 Å². The van der Waals surface area contributed by atoms with Gasteiger partial charge in [-0.2, -0.15) is 0 Å². The van der Waals surface area contributed by atoms with E-state index in [0.29, 0.717) is 0 Å². The van der Waals surface area contributed by atoms with E-state index in [-0.39, 0.29) is 5.54 Å². The van der Waals surface area contributed by atoms with Gasteiger partial charge in [-0.15, -0.1) is 0 Å². The standard InChI is InChI=1S/C8H15NO2/c10-6-4-8(5-7(6)11)2-1-3-9-8/h6-7,9-11H,1-5H2. The van der Waals surface area contributed by atoms with Crippen molar-refractivity contribution in [1.82, 2.24) is 5.32 Å². The van der Waals surface area contributed by atoms with Crippen LogP contribution in [-0.2, 0) is 0 Å². The van der Waals surface area contributed by atoms with Crippen LogP contribution in [-0.4, -0.2) is 34.5 Å². The fourth-order valence-electron chi connectivity index (χ4n) is 2.37. The number of hydrogen-bond donors (Lipinski definition) is 3. The van der Waals surface area contributed by atoms with Crippen LogP contribution in [0.3, 0.4) is 0 Å². The molecule has 2 rings (SSSR count). The third-order valence-electron chi connectivity index (χ3n) is 2.98. The summed E-state index contributed by atoms with van der Waals surface area (Å²) >= 11 is 0. The molecule has 1 aliphatic carbocycles. The molecule has 0 aromatic carbocycles. The van der Waals surface area contributed by atoms with E-state index in [0.717, 1.165) is 25.8 Å². The predicted molar refractivity (Wildman–Crippen MR) is 41.2 cm³/mol. The van der Waals surface area contributed by atoms with E-state index in [4.69, 9.17) is 0 Å². The lowest BCUT2D eigenvalue weighted by Gasteiger charge is -2.22. The summed E-state index contributed by atoms with van der Waals surface area (Å²) in [7, 11) is 0. The molecule has 1 aliphatic heterocycles. The van der Waals surface area contributed by atoms with Gasteiger partial charge in [0.05, 0.1) is 12.2 Å². The van der Waals surface area contributed by atoms with Crippen LogP contribution in [0.25, 0.3) is 0 Å². The maximum Gasteiger partial charge on any atom is 0.0817 e. The Bertz CT molecular complexity index is 142. The largest absolute Gasteiger partial charge is 0.390 e. The Hall–Kier alpha value is -0.120. The average Bonchev–Trinajstić information content (AvgIpc) is 2.46. The highest BCUT2D eigenvalue weighted by molar-refractivity contribution is 5.03. The molecule has 0 bridgehead atoms. The lowest BCUT2D eigenvalue weighted by atomic mass is 9.96. The zero-order valence-electron chi connectivity index (χ0n) is 6.58. The maximum atomic E-state index is 9.33. The second kappa shape index (κ2) is 2.44. The van der Waals surface area contributed by atoms with Crippen molar-refractivity contribution < 1.29 is 10.2 Å². The lowest BCUT2D eigenvalue weighted by molar-refractivity contribution is 0.0438. The van der Waals surface area contributed by atoms with E-state index in [1.165, 1.54) is 6.42 Å². The molecule has 1 spiro atoms. The molecule has 1 heterocycles. The van der Waals surface area contributed by atoms with Crippen LogP contribution in [0.5, 0.6) is 0 Å². The summed E-state index contributed by atoms with van der Waals surface area (Å²) < 4.78 is 0. The van der Waals surface area contributed by atoms with Crippen molar-refractivity contribution in [3.63, 3.8) is 0 Å². The quantitative estimate of drug-likeness (QED) is 0.449. The van der Waals surface area contributed by atoms with Gasteiger partial charge in [0.1, 0.15) is 0 Å². The predicted octanol–water partition coefficient (Wildman–Crippen LogP) is -0.376. The topological polar surface area (TPSA) is 52.5 Å². The summed E-state index contributed by atoms with van der Waals surface area (Å²) in [6.45, 7) is 1.04. The van der Waals surface area contributed by atoms with Crippen LogP contribution in [0.1, 0.15) is 25.7 Å². The average molecular weight is 157 g/mol. The minimum atomic E-state index is -0.499. The molecule has 1 saturated carbocycles. The van der Waals surface area contributed by atoms with Crippen LogP contribution < -0.4 is 5.32 Å². The summed E-state index contributed by atoms with van der Waals surface area (Å²) in [6, 6.07) is 0. The highest BCUT2D eigenvalue weighted by atomic mass is 16.3. The Kier molecular flexibility index (Phi) is 1.67. The lowest BCUT2D eigenvalue weighted by Crippen LogP contribution is -2.37. The number of nitrogens with one attached hydrogen (secondary N) is 1. The van der Waals surface area contributed by atoms with Crippen molar-refractivity contribution in [2.75, 3.05) is 6.54 Å². The van der Waals surface area contributed by atoms with Gasteiger partial charge in [-0.1, -0.05) is 0 Å². The minimum Gasteiger partial charge on any atom is -0.390 e. The number of aliphatic hydroxyl groups excluding tert-OH is 2. The van der Waals surface area contributed by atoms with E-state index < -0.39 is 12.2 Å².